The van der Waals surface area contributed by atoms with E-state index in [0.29, 0.717) is 6.54 Å². The minimum Gasteiger partial charge on any atom is -0.465 e. The topological polar surface area (TPSA) is 66.8 Å². The van der Waals surface area contributed by atoms with Crippen molar-refractivity contribution in [3.63, 3.8) is 0 Å². The molecule has 2 atom stereocenters. The first kappa shape index (κ1) is 16.2. The Balaban J connectivity index is 2.75. The molecule has 0 spiro atoms. The van der Waals surface area contributed by atoms with Gasteiger partial charge in [0.15, 0.2) is 9.76 Å². The number of rotatable bonds is 4. The fraction of sp³-hybridized carbons (Fsp3) is 0.846. The van der Waals surface area contributed by atoms with Crippen LogP contribution < -0.4 is 0 Å². The van der Waals surface area contributed by atoms with Gasteiger partial charge in [0.25, 0.3) is 0 Å². The summed E-state index contributed by atoms with van der Waals surface area (Å²) < 4.78 is 6.10. The Kier molecular flexibility index (Phi) is 4.79. The molecule has 1 aliphatic rings. The molecule has 110 valence electrons. The van der Waals surface area contributed by atoms with Crippen LogP contribution in [0.3, 0.4) is 0 Å². The van der Waals surface area contributed by atoms with E-state index in [4.69, 9.17) is 9.53 Å². The molecule has 0 saturated carbocycles. The van der Waals surface area contributed by atoms with E-state index in [1.165, 1.54) is 4.90 Å². The minimum absolute atomic E-state index is 0.0593. The molecule has 0 aliphatic carbocycles. The standard InChI is InChI=1S/C13H25NO4Si/c1-12(2,3)19-18-13(4,5)10-7-14(11(16)17)6-9(10)8-15/h8-10H,6-7,19H2,1-5H3,(H,16,17)/t9-,10+/m0/s1. The molecule has 1 amide bonds. The molecule has 0 unspecified atom stereocenters. The number of carboxylic acid groups (broad SMARTS) is 1. The molecule has 0 aromatic carbocycles. The van der Waals surface area contributed by atoms with Crippen molar-refractivity contribution in [3.05, 3.63) is 0 Å². The average Bonchev–Trinajstić information content (AvgIpc) is 2.70. The third-order valence-electron chi connectivity index (χ3n) is 3.58. The molecule has 19 heavy (non-hydrogen) atoms. The number of carbonyl (C=O) groups excluding carboxylic acids is 1. The van der Waals surface area contributed by atoms with Gasteiger partial charge in [-0.1, -0.05) is 20.8 Å². The monoisotopic (exact) mass is 287 g/mol. The number of likely N-dealkylation sites (tertiary alicyclic amines) is 1. The predicted octanol–water partition coefficient (Wildman–Crippen LogP) is 1.51. The fourth-order valence-electron chi connectivity index (χ4n) is 2.37. The second-order valence-corrected chi connectivity index (χ2v) is 9.75. The third-order valence-corrected chi connectivity index (χ3v) is 5.33. The first-order valence-electron chi connectivity index (χ1n) is 6.64. The zero-order chi connectivity index (χ0) is 14.8. The van der Waals surface area contributed by atoms with Gasteiger partial charge in [-0.15, -0.1) is 0 Å². The molecule has 6 heteroatoms. The van der Waals surface area contributed by atoms with Crippen LogP contribution in [0.1, 0.15) is 34.6 Å². The Morgan fingerprint density at radius 2 is 1.89 bits per heavy atom. The van der Waals surface area contributed by atoms with Crippen molar-refractivity contribution < 1.29 is 19.1 Å². The van der Waals surface area contributed by atoms with Crippen molar-refractivity contribution in [1.82, 2.24) is 4.90 Å². The van der Waals surface area contributed by atoms with E-state index in [9.17, 15) is 9.59 Å². The van der Waals surface area contributed by atoms with Crippen molar-refractivity contribution in [2.75, 3.05) is 13.1 Å². The Morgan fingerprint density at radius 1 is 1.32 bits per heavy atom. The molecule has 1 rings (SSSR count). The maximum absolute atomic E-state index is 11.2. The molecule has 0 bridgehead atoms. The quantitative estimate of drug-likeness (QED) is 0.628. The van der Waals surface area contributed by atoms with Gasteiger partial charge in [0.2, 0.25) is 0 Å². The molecule has 0 aromatic heterocycles. The fourth-order valence-corrected chi connectivity index (χ4v) is 3.39. The Morgan fingerprint density at radius 3 is 2.32 bits per heavy atom. The Labute approximate surface area is 117 Å². The van der Waals surface area contributed by atoms with Crippen LogP contribution in [0.25, 0.3) is 0 Å². The summed E-state index contributed by atoms with van der Waals surface area (Å²) in [6.07, 6.45) is -0.0876. The Bertz CT molecular complexity index is 351. The maximum atomic E-state index is 11.2. The molecule has 1 N–H and O–H groups in total. The summed E-state index contributed by atoms with van der Waals surface area (Å²) >= 11 is 0. The van der Waals surface area contributed by atoms with Crippen LogP contribution in [0.15, 0.2) is 0 Å². The van der Waals surface area contributed by atoms with Gasteiger partial charge in [0.1, 0.15) is 6.29 Å². The van der Waals surface area contributed by atoms with Crippen molar-refractivity contribution in [1.29, 1.82) is 0 Å². The summed E-state index contributed by atoms with van der Waals surface area (Å²) in [7, 11) is -0.737. The van der Waals surface area contributed by atoms with Gasteiger partial charge in [-0.25, -0.2) is 4.79 Å². The zero-order valence-corrected chi connectivity index (χ0v) is 13.9. The zero-order valence-electron chi connectivity index (χ0n) is 12.5. The number of aldehydes is 1. The highest BCUT2D eigenvalue weighted by Gasteiger charge is 2.44. The predicted molar refractivity (Wildman–Crippen MR) is 76.1 cm³/mol. The van der Waals surface area contributed by atoms with E-state index >= 15 is 0 Å². The molecule has 0 aromatic rings. The smallest absolute Gasteiger partial charge is 0.407 e. The van der Waals surface area contributed by atoms with Crippen LogP contribution >= 0.6 is 0 Å². The van der Waals surface area contributed by atoms with Crippen molar-refractivity contribution in [2.24, 2.45) is 11.8 Å². The summed E-state index contributed by atoms with van der Waals surface area (Å²) in [5.41, 5.74) is -0.449. The molecule has 1 fully saturated rings. The van der Waals surface area contributed by atoms with Gasteiger partial charge in [-0.2, -0.15) is 0 Å². The molecular formula is C13H25NO4Si. The minimum atomic E-state index is -0.960. The van der Waals surface area contributed by atoms with Gasteiger partial charge in [-0.05, 0) is 18.9 Å². The molecule has 5 nitrogen and oxygen atoms in total. The number of amides is 1. The van der Waals surface area contributed by atoms with Crippen molar-refractivity contribution in [2.45, 2.75) is 45.3 Å². The SMILES string of the molecule is CC(C)(C)[SiH2]OC(C)(C)[C@@H]1CN(C(=O)O)C[C@H]1C=O. The normalized spacial score (nSPS) is 25.2. The summed E-state index contributed by atoms with van der Waals surface area (Å²) in [6.45, 7) is 11.0. The average molecular weight is 287 g/mol. The van der Waals surface area contributed by atoms with E-state index in [0.717, 1.165) is 6.29 Å². The van der Waals surface area contributed by atoms with Gasteiger partial charge in [-0.3, -0.25) is 0 Å². The molecule has 0 radical (unpaired) electrons. The van der Waals surface area contributed by atoms with Crippen LogP contribution in [-0.2, 0) is 9.22 Å². The van der Waals surface area contributed by atoms with Crippen molar-refractivity contribution in [3.8, 4) is 0 Å². The van der Waals surface area contributed by atoms with Gasteiger partial charge >= 0.3 is 6.09 Å². The van der Waals surface area contributed by atoms with Crippen LogP contribution in [0.4, 0.5) is 4.79 Å². The first-order valence-corrected chi connectivity index (χ1v) is 7.92. The van der Waals surface area contributed by atoms with Crippen LogP contribution in [-0.4, -0.2) is 50.8 Å². The van der Waals surface area contributed by atoms with Crippen LogP contribution in [0.5, 0.6) is 0 Å². The highest BCUT2D eigenvalue weighted by atomic mass is 28.2. The summed E-state index contributed by atoms with van der Waals surface area (Å²) in [5.74, 6) is -0.323. The van der Waals surface area contributed by atoms with Crippen LogP contribution in [0.2, 0.25) is 5.04 Å². The largest absolute Gasteiger partial charge is 0.465 e. The second-order valence-electron chi connectivity index (χ2n) is 7.05. The van der Waals surface area contributed by atoms with E-state index in [-0.39, 0.29) is 23.4 Å². The van der Waals surface area contributed by atoms with Gasteiger partial charge in [0, 0.05) is 24.9 Å². The maximum Gasteiger partial charge on any atom is 0.407 e. The second kappa shape index (κ2) is 5.62. The van der Waals surface area contributed by atoms with E-state index < -0.39 is 21.5 Å². The lowest BCUT2D eigenvalue weighted by Gasteiger charge is -2.36. The van der Waals surface area contributed by atoms with Crippen LogP contribution in [0, 0.1) is 11.8 Å². The first-order chi connectivity index (χ1) is 8.57. The van der Waals surface area contributed by atoms with E-state index in [1.807, 2.05) is 13.8 Å². The number of carbonyl (C=O) groups is 2. The number of hydrogen-bond acceptors (Lipinski definition) is 3. The highest BCUT2D eigenvalue weighted by molar-refractivity contribution is 6.31. The van der Waals surface area contributed by atoms with E-state index in [2.05, 4.69) is 20.8 Å². The molecular weight excluding hydrogens is 262 g/mol. The lowest BCUT2D eigenvalue weighted by atomic mass is 9.83. The molecule has 1 saturated heterocycles. The van der Waals surface area contributed by atoms with Gasteiger partial charge < -0.3 is 19.2 Å². The molecule has 1 aliphatic heterocycles. The number of hydrogen-bond donors (Lipinski definition) is 1. The summed E-state index contributed by atoms with van der Waals surface area (Å²) in [6, 6.07) is 0. The third kappa shape index (κ3) is 4.31. The lowest BCUT2D eigenvalue weighted by molar-refractivity contribution is -0.113. The van der Waals surface area contributed by atoms with Gasteiger partial charge in [0.05, 0.1) is 5.60 Å². The highest BCUT2D eigenvalue weighted by Crippen LogP contribution is 2.35. The molecule has 1 heterocycles. The summed E-state index contributed by atoms with van der Waals surface area (Å²) in [4.78, 5) is 23.5. The van der Waals surface area contributed by atoms with Crippen molar-refractivity contribution >= 4 is 22.1 Å². The lowest BCUT2D eigenvalue weighted by Crippen LogP contribution is -2.42. The Hall–Kier alpha value is -0.883. The van der Waals surface area contributed by atoms with E-state index in [1.54, 1.807) is 0 Å². The summed E-state index contributed by atoms with van der Waals surface area (Å²) in [5, 5.41) is 9.23. The number of nitrogens with zero attached hydrogens (tertiary/aromatic N) is 1.